The van der Waals surface area contributed by atoms with Crippen LogP contribution in [0.2, 0.25) is 0 Å². The Balaban J connectivity index is 4.10. The Kier molecular flexibility index (Phi) is 30.0. The lowest BCUT2D eigenvalue weighted by molar-refractivity contribution is -0.154. The smallest absolute Gasteiger partial charge is 0.316 e. The molecule has 1 unspecified atom stereocenters. The highest BCUT2D eigenvalue weighted by Gasteiger charge is 2.31. The summed E-state index contributed by atoms with van der Waals surface area (Å²) in [7, 11) is 0. The molecular formula is C38H64O4. The van der Waals surface area contributed by atoms with Crippen molar-refractivity contribution in [2.75, 3.05) is 6.61 Å². The molecule has 0 heterocycles. The third kappa shape index (κ3) is 25.5. The number of rotatable bonds is 30. The van der Waals surface area contributed by atoms with Gasteiger partial charge in [-0.05, 0) is 84.0 Å². The molecule has 0 aliphatic carbocycles. The van der Waals surface area contributed by atoms with Crippen LogP contribution >= 0.6 is 0 Å². The second kappa shape index (κ2) is 31.7. The van der Waals surface area contributed by atoms with Crippen LogP contribution in [-0.4, -0.2) is 24.1 Å². The van der Waals surface area contributed by atoms with Crippen molar-refractivity contribution in [3.05, 3.63) is 48.6 Å². The molecule has 4 nitrogen and oxygen atoms in total. The van der Waals surface area contributed by atoms with E-state index in [-0.39, 0.29) is 13.0 Å². The number of esters is 1. The first kappa shape index (κ1) is 39.8. The van der Waals surface area contributed by atoms with Gasteiger partial charge in [0.25, 0.3) is 0 Å². The fraction of sp³-hybridized carbons (Fsp3) is 0.711. The Bertz CT molecular complexity index is 774. The van der Waals surface area contributed by atoms with Crippen LogP contribution in [0.25, 0.3) is 0 Å². The molecule has 240 valence electrons. The fourth-order valence-corrected chi connectivity index (χ4v) is 4.82. The number of ketones is 2. The highest BCUT2D eigenvalue weighted by molar-refractivity contribution is 6.41. The number of hydrogen-bond acceptors (Lipinski definition) is 4. The molecule has 42 heavy (non-hydrogen) atoms. The second-order valence-electron chi connectivity index (χ2n) is 11.4. The van der Waals surface area contributed by atoms with Gasteiger partial charge in [-0.3, -0.25) is 14.4 Å². The van der Waals surface area contributed by atoms with Crippen LogP contribution in [0.3, 0.4) is 0 Å². The van der Waals surface area contributed by atoms with Crippen molar-refractivity contribution >= 4 is 17.5 Å². The fourth-order valence-electron chi connectivity index (χ4n) is 4.82. The van der Waals surface area contributed by atoms with Crippen LogP contribution < -0.4 is 0 Å². The molecule has 1 atom stereocenters. The number of hydrogen-bond donors (Lipinski definition) is 0. The van der Waals surface area contributed by atoms with Crippen LogP contribution in [0.4, 0.5) is 0 Å². The molecule has 0 aliphatic heterocycles. The van der Waals surface area contributed by atoms with Gasteiger partial charge in [0.05, 0.1) is 6.61 Å². The standard InChI is InChI=1S/C38H64O4/c1-4-7-9-11-13-15-17-19-21-23-25-27-29-31-33-35(38(41)42-6-3)37(40)36(39)34-32-30-28-26-24-22-20-18-16-14-12-10-8-5-2/h13-16,19-22,35H,4-12,17-18,23-34H2,1-3H3/b15-13-,16-14-,21-19-,22-20-. The zero-order chi connectivity index (χ0) is 30.9. The van der Waals surface area contributed by atoms with E-state index in [4.69, 9.17) is 4.74 Å². The van der Waals surface area contributed by atoms with Crippen LogP contribution in [0.5, 0.6) is 0 Å². The van der Waals surface area contributed by atoms with Gasteiger partial charge < -0.3 is 4.74 Å². The van der Waals surface area contributed by atoms with E-state index in [1.54, 1.807) is 6.92 Å². The van der Waals surface area contributed by atoms with Crippen LogP contribution in [0.15, 0.2) is 48.6 Å². The third-order valence-electron chi connectivity index (χ3n) is 7.46. The van der Waals surface area contributed by atoms with E-state index >= 15 is 0 Å². The van der Waals surface area contributed by atoms with E-state index in [1.165, 1.54) is 51.4 Å². The lowest BCUT2D eigenvalue weighted by Gasteiger charge is -2.14. The third-order valence-corrected chi connectivity index (χ3v) is 7.46. The summed E-state index contributed by atoms with van der Waals surface area (Å²) in [6.07, 6.45) is 40.4. The predicted molar refractivity (Wildman–Crippen MR) is 180 cm³/mol. The molecular weight excluding hydrogens is 520 g/mol. The van der Waals surface area contributed by atoms with Crippen LogP contribution in [0, 0.1) is 5.92 Å². The molecule has 4 heteroatoms. The summed E-state index contributed by atoms with van der Waals surface area (Å²) in [5.41, 5.74) is 0. The average molecular weight is 585 g/mol. The number of Topliss-reactive ketones (excluding diaryl/α,β-unsaturated/α-hetero) is 2. The van der Waals surface area contributed by atoms with Crippen molar-refractivity contribution in [1.82, 2.24) is 0 Å². The van der Waals surface area contributed by atoms with Crippen LogP contribution in [-0.2, 0) is 19.1 Å². The summed E-state index contributed by atoms with van der Waals surface area (Å²) in [5, 5.41) is 0. The van der Waals surface area contributed by atoms with Crippen molar-refractivity contribution in [2.24, 2.45) is 5.92 Å². The highest BCUT2D eigenvalue weighted by atomic mass is 16.5. The first-order valence-electron chi connectivity index (χ1n) is 17.4. The number of carbonyl (C=O) groups excluding carboxylic acids is 3. The van der Waals surface area contributed by atoms with Gasteiger partial charge in [-0.15, -0.1) is 0 Å². The molecule has 0 radical (unpaired) electrons. The first-order chi connectivity index (χ1) is 20.6. The summed E-state index contributed by atoms with van der Waals surface area (Å²) in [6, 6.07) is 0. The first-order valence-corrected chi connectivity index (χ1v) is 17.4. The van der Waals surface area contributed by atoms with Crippen molar-refractivity contribution in [3.63, 3.8) is 0 Å². The molecule has 0 saturated carbocycles. The van der Waals surface area contributed by atoms with Gasteiger partial charge >= 0.3 is 5.97 Å². The molecule has 0 bridgehead atoms. The molecule has 0 spiro atoms. The van der Waals surface area contributed by atoms with E-state index in [9.17, 15) is 14.4 Å². The Morgan fingerprint density at radius 3 is 1.40 bits per heavy atom. The topological polar surface area (TPSA) is 60.4 Å². The quantitative estimate of drug-likeness (QED) is 0.0277. The Hall–Kier alpha value is -2.23. The molecule has 0 amide bonds. The van der Waals surface area contributed by atoms with Crippen molar-refractivity contribution < 1.29 is 19.1 Å². The normalized spacial score (nSPS) is 12.7. The maximum atomic E-state index is 12.8. The van der Waals surface area contributed by atoms with Crippen molar-refractivity contribution in [3.8, 4) is 0 Å². The molecule has 0 aromatic heterocycles. The molecule has 0 rings (SSSR count). The monoisotopic (exact) mass is 584 g/mol. The maximum Gasteiger partial charge on any atom is 0.316 e. The maximum absolute atomic E-state index is 12.8. The summed E-state index contributed by atoms with van der Waals surface area (Å²) < 4.78 is 5.13. The van der Waals surface area contributed by atoms with Gasteiger partial charge in [0.1, 0.15) is 5.92 Å². The van der Waals surface area contributed by atoms with E-state index in [0.717, 1.165) is 70.6 Å². The van der Waals surface area contributed by atoms with Gasteiger partial charge in [0.2, 0.25) is 5.78 Å². The van der Waals surface area contributed by atoms with E-state index in [1.807, 2.05) is 0 Å². The Labute approximate surface area is 259 Å². The Morgan fingerprint density at radius 2 is 0.952 bits per heavy atom. The van der Waals surface area contributed by atoms with E-state index in [2.05, 4.69) is 62.5 Å². The largest absolute Gasteiger partial charge is 0.465 e. The minimum absolute atomic E-state index is 0.223. The molecule has 0 N–H and O–H groups in total. The van der Waals surface area contributed by atoms with Gasteiger partial charge in [0, 0.05) is 6.42 Å². The molecule has 0 saturated heterocycles. The summed E-state index contributed by atoms with van der Waals surface area (Å²) in [6.45, 7) is 6.41. The molecule has 0 fully saturated rings. The molecule has 0 aliphatic rings. The minimum Gasteiger partial charge on any atom is -0.465 e. The summed E-state index contributed by atoms with van der Waals surface area (Å²) >= 11 is 0. The number of allylic oxidation sites excluding steroid dienone is 8. The lowest BCUT2D eigenvalue weighted by atomic mass is 9.92. The lowest BCUT2D eigenvalue weighted by Crippen LogP contribution is -2.31. The molecule has 0 aromatic rings. The van der Waals surface area contributed by atoms with Gasteiger partial charge in [-0.2, -0.15) is 0 Å². The van der Waals surface area contributed by atoms with Crippen molar-refractivity contribution in [2.45, 2.75) is 162 Å². The zero-order valence-electron chi connectivity index (χ0n) is 27.6. The van der Waals surface area contributed by atoms with Crippen molar-refractivity contribution in [1.29, 1.82) is 0 Å². The predicted octanol–water partition coefficient (Wildman–Crippen LogP) is 11.2. The second-order valence-corrected chi connectivity index (χ2v) is 11.4. The zero-order valence-corrected chi connectivity index (χ0v) is 27.6. The number of carbonyl (C=O) groups is 3. The summed E-state index contributed by atoms with van der Waals surface area (Å²) in [5.74, 6) is -2.44. The van der Waals surface area contributed by atoms with E-state index in [0.29, 0.717) is 12.8 Å². The number of ether oxygens (including phenoxy) is 1. The van der Waals surface area contributed by atoms with Gasteiger partial charge in [0.15, 0.2) is 5.78 Å². The average Bonchev–Trinajstić information content (AvgIpc) is 2.99. The minimum atomic E-state index is -0.938. The SMILES string of the molecule is CCCCC/C=C\C/C=C\CCCCCCC(=O)C(=O)C(CCCCCC/C=C\C/C=C\CCCCC)C(=O)OCC. The highest BCUT2D eigenvalue weighted by Crippen LogP contribution is 2.17. The van der Waals surface area contributed by atoms with Crippen LogP contribution in [0.1, 0.15) is 162 Å². The molecule has 0 aromatic carbocycles. The van der Waals surface area contributed by atoms with Gasteiger partial charge in [-0.25, -0.2) is 0 Å². The Morgan fingerprint density at radius 1 is 0.524 bits per heavy atom. The van der Waals surface area contributed by atoms with E-state index < -0.39 is 23.5 Å². The summed E-state index contributed by atoms with van der Waals surface area (Å²) in [4.78, 5) is 37.8. The number of unbranched alkanes of at least 4 members (excludes halogenated alkanes) is 14. The van der Waals surface area contributed by atoms with Gasteiger partial charge in [-0.1, -0.05) is 120 Å².